The van der Waals surface area contributed by atoms with Gasteiger partial charge in [-0.1, -0.05) is 23.7 Å². The largest absolute Gasteiger partial charge is 0.382 e. The summed E-state index contributed by atoms with van der Waals surface area (Å²) in [7, 11) is 0. The first-order valence-electron chi connectivity index (χ1n) is 5.59. The monoisotopic (exact) mass is 242 g/mol. The van der Waals surface area contributed by atoms with Gasteiger partial charge >= 0.3 is 0 Å². The summed E-state index contributed by atoms with van der Waals surface area (Å²) >= 11 is 5.91. The standard InChI is InChI=1S/C13H20ClNO/c1-9(15-13(2,3)4)12(16)10-6-5-7-11(14)8-10/h5-9,12,15-16H,1-4H3/p+1/t9-,12-/m0/s1. The van der Waals surface area contributed by atoms with Crippen LogP contribution >= 0.6 is 11.6 Å². The Bertz CT molecular complexity index is 346. The average Bonchev–Trinajstić information content (AvgIpc) is 2.14. The summed E-state index contributed by atoms with van der Waals surface area (Å²) < 4.78 is 0. The van der Waals surface area contributed by atoms with Gasteiger partial charge in [-0.2, -0.15) is 0 Å². The molecule has 0 aliphatic carbocycles. The van der Waals surface area contributed by atoms with Crippen molar-refractivity contribution in [3.63, 3.8) is 0 Å². The molecule has 0 saturated heterocycles. The average molecular weight is 243 g/mol. The molecule has 0 fully saturated rings. The van der Waals surface area contributed by atoms with E-state index < -0.39 is 6.10 Å². The smallest absolute Gasteiger partial charge is 0.130 e. The number of hydrogen-bond acceptors (Lipinski definition) is 1. The number of aliphatic hydroxyl groups excluding tert-OH is 1. The van der Waals surface area contributed by atoms with Gasteiger partial charge in [-0.3, -0.25) is 0 Å². The van der Waals surface area contributed by atoms with E-state index in [2.05, 4.69) is 26.1 Å². The third kappa shape index (κ3) is 4.12. The number of aliphatic hydroxyl groups is 1. The Morgan fingerprint density at radius 3 is 2.44 bits per heavy atom. The van der Waals surface area contributed by atoms with E-state index in [-0.39, 0.29) is 11.6 Å². The molecule has 2 atom stereocenters. The van der Waals surface area contributed by atoms with Gasteiger partial charge in [0.25, 0.3) is 0 Å². The second-order valence-corrected chi connectivity index (χ2v) is 5.83. The quantitative estimate of drug-likeness (QED) is 0.837. The molecule has 0 aliphatic heterocycles. The van der Waals surface area contributed by atoms with E-state index in [9.17, 15) is 5.11 Å². The molecular weight excluding hydrogens is 222 g/mol. The van der Waals surface area contributed by atoms with Crippen molar-refractivity contribution in [3.8, 4) is 0 Å². The van der Waals surface area contributed by atoms with Gasteiger partial charge in [0.15, 0.2) is 0 Å². The Balaban J connectivity index is 2.74. The Labute approximate surface area is 103 Å². The van der Waals surface area contributed by atoms with Crippen LogP contribution in [0.3, 0.4) is 0 Å². The molecule has 0 spiro atoms. The molecular formula is C13H21ClNO+. The van der Waals surface area contributed by atoms with Gasteiger partial charge in [-0.15, -0.1) is 0 Å². The van der Waals surface area contributed by atoms with E-state index in [4.69, 9.17) is 11.6 Å². The molecule has 0 radical (unpaired) electrons. The molecule has 0 amide bonds. The van der Waals surface area contributed by atoms with Crippen LogP contribution in [-0.4, -0.2) is 16.7 Å². The lowest BCUT2D eigenvalue weighted by molar-refractivity contribution is -0.751. The molecule has 2 nitrogen and oxygen atoms in total. The van der Waals surface area contributed by atoms with Crippen LogP contribution in [0.4, 0.5) is 0 Å². The lowest BCUT2D eigenvalue weighted by atomic mass is 10.00. The van der Waals surface area contributed by atoms with E-state index >= 15 is 0 Å². The van der Waals surface area contributed by atoms with Crippen LogP contribution in [0.2, 0.25) is 5.02 Å². The van der Waals surface area contributed by atoms with Gasteiger partial charge in [-0.25, -0.2) is 0 Å². The van der Waals surface area contributed by atoms with Crippen molar-refractivity contribution < 1.29 is 10.4 Å². The van der Waals surface area contributed by atoms with Crippen molar-refractivity contribution in [1.82, 2.24) is 0 Å². The molecule has 1 aromatic rings. The molecule has 0 heterocycles. The Hall–Kier alpha value is -0.570. The fourth-order valence-electron chi connectivity index (χ4n) is 1.87. The van der Waals surface area contributed by atoms with Crippen LogP contribution in [0, 0.1) is 0 Å². The van der Waals surface area contributed by atoms with Crippen LogP contribution in [0.5, 0.6) is 0 Å². The van der Waals surface area contributed by atoms with Gasteiger partial charge in [-0.05, 0) is 45.4 Å². The fourth-order valence-corrected chi connectivity index (χ4v) is 2.07. The third-order valence-corrected chi connectivity index (χ3v) is 2.69. The maximum absolute atomic E-state index is 10.2. The summed E-state index contributed by atoms with van der Waals surface area (Å²) in [6.07, 6.45) is -0.488. The van der Waals surface area contributed by atoms with Crippen molar-refractivity contribution in [1.29, 1.82) is 0 Å². The van der Waals surface area contributed by atoms with Crippen molar-refractivity contribution in [2.75, 3.05) is 0 Å². The Morgan fingerprint density at radius 1 is 1.31 bits per heavy atom. The predicted octanol–water partition coefficient (Wildman–Crippen LogP) is 2.12. The lowest BCUT2D eigenvalue weighted by Crippen LogP contribution is -2.99. The highest BCUT2D eigenvalue weighted by Crippen LogP contribution is 2.19. The summed E-state index contributed by atoms with van der Waals surface area (Å²) in [5, 5.41) is 13.0. The minimum Gasteiger partial charge on any atom is -0.382 e. The zero-order valence-corrected chi connectivity index (χ0v) is 11.1. The summed E-state index contributed by atoms with van der Waals surface area (Å²) in [5.74, 6) is 0. The molecule has 3 N–H and O–H groups in total. The zero-order chi connectivity index (χ0) is 12.3. The Kier molecular flexibility index (Phi) is 4.36. The van der Waals surface area contributed by atoms with Crippen LogP contribution in [0.1, 0.15) is 39.4 Å². The predicted molar refractivity (Wildman–Crippen MR) is 67.6 cm³/mol. The molecule has 0 unspecified atom stereocenters. The van der Waals surface area contributed by atoms with Crippen molar-refractivity contribution in [3.05, 3.63) is 34.9 Å². The lowest BCUT2D eigenvalue weighted by Gasteiger charge is -2.26. The third-order valence-electron chi connectivity index (χ3n) is 2.45. The number of benzene rings is 1. The number of halogens is 1. The zero-order valence-electron chi connectivity index (χ0n) is 10.4. The molecule has 0 aliphatic rings. The summed E-state index contributed by atoms with van der Waals surface area (Å²) in [6, 6.07) is 7.52. The van der Waals surface area contributed by atoms with Gasteiger partial charge in [0.2, 0.25) is 0 Å². The van der Waals surface area contributed by atoms with E-state index in [0.29, 0.717) is 5.02 Å². The maximum Gasteiger partial charge on any atom is 0.130 e. The molecule has 90 valence electrons. The van der Waals surface area contributed by atoms with Crippen LogP contribution in [-0.2, 0) is 0 Å². The SMILES string of the molecule is C[C@H]([NH2+]C(C)(C)C)[C@H](O)c1cccc(Cl)c1. The van der Waals surface area contributed by atoms with Crippen molar-refractivity contribution in [2.45, 2.75) is 45.4 Å². The number of quaternary nitrogens is 1. The highest BCUT2D eigenvalue weighted by molar-refractivity contribution is 6.30. The van der Waals surface area contributed by atoms with E-state index in [0.717, 1.165) is 5.56 Å². The van der Waals surface area contributed by atoms with Crippen molar-refractivity contribution >= 4 is 11.6 Å². The van der Waals surface area contributed by atoms with E-state index in [1.54, 1.807) is 0 Å². The molecule has 1 rings (SSSR count). The van der Waals surface area contributed by atoms with Gasteiger partial charge in [0.1, 0.15) is 12.1 Å². The number of nitrogens with two attached hydrogens (primary N) is 1. The van der Waals surface area contributed by atoms with Gasteiger partial charge in [0, 0.05) is 5.02 Å². The first-order chi connectivity index (χ1) is 7.29. The molecule has 0 bridgehead atoms. The second kappa shape index (κ2) is 5.17. The topological polar surface area (TPSA) is 36.8 Å². The van der Waals surface area contributed by atoms with Gasteiger partial charge < -0.3 is 10.4 Å². The molecule has 3 heteroatoms. The molecule has 0 aromatic heterocycles. The first kappa shape index (κ1) is 13.5. The normalized spacial score (nSPS) is 15.9. The maximum atomic E-state index is 10.2. The molecule has 1 aromatic carbocycles. The first-order valence-corrected chi connectivity index (χ1v) is 5.97. The number of hydrogen-bond donors (Lipinski definition) is 2. The van der Waals surface area contributed by atoms with Crippen molar-refractivity contribution in [2.24, 2.45) is 0 Å². The fraction of sp³-hybridized carbons (Fsp3) is 0.538. The minimum absolute atomic E-state index is 0.110. The van der Waals surface area contributed by atoms with Crippen LogP contribution in [0.15, 0.2) is 24.3 Å². The van der Waals surface area contributed by atoms with E-state index in [1.165, 1.54) is 0 Å². The van der Waals surface area contributed by atoms with E-state index in [1.807, 2.05) is 31.2 Å². The second-order valence-electron chi connectivity index (χ2n) is 5.39. The highest BCUT2D eigenvalue weighted by Gasteiger charge is 2.25. The van der Waals surface area contributed by atoms with Gasteiger partial charge in [0.05, 0.1) is 5.54 Å². The number of rotatable bonds is 3. The minimum atomic E-state index is -0.488. The molecule has 16 heavy (non-hydrogen) atoms. The molecule has 0 saturated carbocycles. The Morgan fingerprint density at radius 2 is 1.94 bits per heavy atom. The summed E-state index contributed by atoms with van der Waals surface area (Å²) in [4.78, 5) is 0. The highest BCUT2D eigenvalue weighted by atomic mass is 35.5. The van der Waals surface area contributed by atoms with Crippen LogP contribution < -0.4 is 5.32 Å². The van der Waals surface area contributed by atoms with Crippen LogP contribution in [0.25, 0.3) is 0 Å². The summed E-state index contributed by atoms with van der Waals surface area (Å²) in [5.41, 5.74) is 0.986. The summed E-state index contributed by atoms with van der Waals surface area (Å²) in [6.45, 7) is 8.42.